The lowest BCUT2D eigenvalue weighted by Crippen LogP contribution is -2.18. The van der Waals surface area contributed by atoms with Gasteiger partial charge in [0.25, 0.3) is 0 Å². The summed E-state index contributed by atoms with van der Waals surface area (Å²) in [5, 5.41) is 0. The molecule has 42 heavy (non-hydrogen) atoms. The summed E-state index contributed by atoms with van der Waals surface area (Å²) in [4.78, 5) is 22.9. The lowest BCUT2D eigenvalue weighted by molar-refractivity contribution is 0.904. The van der Waals surface area contributed by atoms with Crippen LogP contribution in [0.15, 0.2) is 134 Å². The van der Waals surface area contributed by atoms with Crippen LogP contribution < -0.4 is 9.80 Å². The summed E-state index contributed by atoms with van der Waals surface area (Å²) >= 11 is 0. The third-order valence-electron chi connectivity index (χ3n) is 7.13. The first kappa shape index (κ1) is 26.8. The molecule has 6 heteroatoms. The van der Waals surface area contributed by atoms with Crippen LogP contribution in [0, 0.1) is 13.8 Å². The number of pyridine rings is 4. The standard InChI is InChI=1S/C36H32N6/c1-27-9-15-31(39-23-27)25-41(35-7-3-5-21-37-35)33-17-11-29(12-18-33)30-13-19-34(20-14-30)42(36-8-4-6-22-38-36)26-32-16-10-28(2)24-40-32/h3-24H,25-26H2,1-2H3. The summed E-state index contributed by atoms with van der Waals surface area (Å²) in [6.07, 6.45) is 7.46. The van der Waals surface area contributed by atoms with E-state index in [4.69, 9.17) is 0 Å². The first-order valence-corrected chi connectivity index (χ1v) is 14.0. The number of hydrogen-bond donors (Lipinski definition) is 0. The number of benzene rings is 2. The van der Waals surface area contributed by atoms with Crippen LogP contribution in [0.4, 0.5) is 23.0 Å². The number of aromatic nitrogens is 4. The van der Waals surface area contributed by atoms with Crippen molar-refractivity contribution >= 4 is 23.0 Å². The van der Waals surface area contributed by atoms with Crippen LogP contribution in [0.3, 0.4) is 0 Å². The van der Waals surface area contributed by atoms with Crippen LogP contribution in [0.25, 0.3) is 11.1 Å². The molecule has 0 fully saturated rings. The maximum atomic E-state index is 4.63. The highest BCUT2D eigenvalue weighted by molar-refractivity contribution is 5.71. The highest BCUT2D eigenvalue weighted by atomic mass is 15.2. The largest absolute Gasteiger partial charge is 0.320 e. The molecule has 0 aliphatic rings. The Labute approximate surface area is 247 Å². The van der Waals surface area contributed by atoms with Gasteiger partial charge in [-0.25, -0.2) is 9.97 Å². The van der Waals surface area contributed by atoms with Gasteiger partial charge in [0.05, 0.1) is 24.5 Å². The van der Waals surface area contributed by atoms with E-state index in [9.17, 15) is 0 Å². The third kappa shape index (κ3) is 6.34. The number of anilines is 4. The highest BCUT2D eigenvalue weighted by Crippen LogP contribution is 2.31. The Kier molecular flexibility index (Phi) is 7.95. The molecule has 0 aliphatic heterocycles. The van der Waals surface area contributed by atoms with E-state index in [0.29, 0.717) is 13.1 Å². The van der Waals surface area contributed by atoms with Gasteiger partial charge in [-0.05, 0) is 96.8 Å². The molecule has 0 spiro atoms. The third-order valence-corrected chi connectivity index (χ3v) is 7.13. The summed E-state index contributed by atoms with van der Waals surface area (Å²) in [5.41, 5.74) is 8.68. The molecule has 0 atom stereocenters. The Morgan fingerprint density at radius 2 is 0.881 bits per heavy atom. The minimum Gasteiger partial charge on any atom is -0.320 e. The van der Waals surface area contributed by atoms with Crippen molar-refractivity contribution in [3.05, 3.63) is 156 Å². The van der Waals surface area contributed by atoms with Gasteiger partial charge in [-0.1, -0.05) is 48.5 Å². The van der Waals surface area contributed by atoms with Crippen molar-refractivity contribution in [1.82, 2.24) is 19.9 Å². The second kappa shape index (κ2) is 12.4. The van der Waals surface area contributed by atoms with Crippen molar-refractivity contribution < 1.29 is 0 Å². The quantitative estimate of drug-likeness (QED) is 0.181. The van der Waals surface area contributed by atoms with Crippen molar-refractivity contribution in [2.75, 3.05) is 9.80 Å². The monoisotopic (exact) mass is 548 g/mol. The van der Waals surface area contributed by atoms with E-state index in [1.807, 2.05) is 61.2 Å². The summed E-state index contributed by atoms with van der Waals surface area (Å²) < 4.78 is 0. The predicted octanol–water partition coefficient (Wildman–Crippen LogP) is 8.23. The zero-order valence-corrected chi connectivity index (χ0v) is 23.8. The Morgan fingerprint density at radius 3 is 1.21 bits per heavy atom. The van der Waals surface area contributed by atoms with Gasteiger partial charge in [0.1, 0.15) is 11.6 Å². The maximum absolute atomic E-state index is 4.63. The first-order chi connectivity index (χ1) is 20.6. The molecule has 0 bridgehead atoms. The molecule has 6 rings (SSSR count). The van der Waals surface area contributed by atoms with E-state index < -0.39 is 0 Å². The highest BCUT2D eigenvalue weighted by Gasteiger charge is 2.14. The van der Waals surface area contributed by atoms with Crippen LogP contribution >= 0.6 is 0 Å². The topological polar surface area (TPSA) is 58.0 Å². The van der Waals surface area contributed by atoms with E-state index in [1.54, 1.807) is 0 Å². The van der Waals surface area contributed by atoms with E-state index in [0.717, 1.165) is 56.7 Å². The second-order valence-corrected chi connectivity index (χ2v) is 10.3. The summed E-state index contributed by atoms with van der Waals surface area (Å²) in [6.45, 7) is 5.36. The molecule has 206 valence electrons. The average Bonchev–Trinajstić information content (AvgIpc) is 3.05. The summed E-state index contributed by atoms with van der Waals surface area (Å²) in [6, 6.07) is 37.5. The van der Waals surface area contributed by atoms with Crippen LogP contribution in [-0.4, -0.2) is 19.9 Å². The molecule has 0 amide bonds. The fraction of sp³-hybridized carbons (Fsp3) is 0.111. The van der Waals surface area contributed by atoms with Gasteiger partial charge in [0.15, 0.2) is 0 Å². The second-order valence-electron chi connectivity index (χ2n) is 10.3. The summed E-state index contributed by atoms with van der Waals surface area (Å²) in [7, 11) is 0. The fourth-order valence-electron chi connectivity index (χ4n) is 4.81. The van der Waals surface area contributed by atoms with Crippen LogP contribution in [0.1, 0.15) is 22.5 Å². The van der Waals surface area contributed by atoms with E-state index in [1.165, 1.54) is 0 Å². The molecule has 6 aromatic rings. The van der Waals surface area contributed by atoms with E-state index in [-0.39, 0.29) is 0 Å². The molecule has 4 aromatic heterocycles. The zero-order valence-electron chi connectivity index (χ0n) is 23.8. The number of hydrogen-bond acceptors (Lipinski definition) is 6. The number of aryl methyl sites for hydroxylation is 2. The van der Waals surface area contributed by atoms with Gasteiger partial charge < -0.3 is 9.80 Å². The molecular weight excluding hydrogens is 516 g/mol. The van der Waals surface area contributed by atoms with Gasteiger partial charge >= 0.3 is 0 Å². The average molecular weight is 549 g/mol. The van der Waals surface area contributed by atoms with Gasteiger partial charge in [-0.15, -0.1) is 0 Å². The lowest BCUT2D eigenvalue weighted by atomic mass is 10.0. The van der Waals surface area contributed by atoms with Crippen LogP contribution in [0.2, 0.25) is 0 Å². The zero-order chi connectivity index (χ0) is 28.7. The van der Waals surface area contributed by atoms with Crippen LogP contribution in [-0.2, 0) is 13.1 Å². The normalized spacial score (nSPS) is 10.8. The fourth-order valence-corrected chi connectivity index (χ4v) is 4.81. The minimum atomic E-state index is 0.629. The maximum Gasteiger partial charge on any atom is 0.133 e. The Balaban J connectivity index is 1.25. The number of rotatable bonds is 9. The van der Waals surface area contributed by atoms with Gasteiger partial charge in [-0.2, -0.15) is 0 Å². The molecule has 6 nitrogen and oxygen atoms in total. The Morgan fingerprint density at radius 1 is 0.452 bits per heavy atom. The van der Waals surface area contributed by atoms with Crippen molar-refractivity contribution in [3.63, 3.8) is 0 Å². The molecule has 0 unspecified atom stereocenters. The smallest absolute Gasteiger partial charge is 0.133 e. The predicted molar refractivity (Wildman–Crippen MR) is 170 cm³/mol. The van der Waals surface area contributed by atoms with E-state index >= 15 is 0 Å². The first-order valence-electron chi connectivity index (χ1n) is 14.0. The molecular formula is C36H32N6. The Hall–Kier alpha value is -5.36. The van der Waals surface area contributed by atoms with Crippen molar-refractivity contribution in [3.8, 4) is 11.1 Å². The van der Waals surface area contributed by atoms with Crippen LogP contribution in [0.5, 0.6) is 0 Å². The van der Waals surface area contributed by atoms with E-state index in [2.05, 4.69) is 116 Å². The Bertz CT molecular complexity index is 1570. The van der Waals surface area contributed by atoms with Gasteiger partial charge in [-0.3, -0.25) is 9.97 Å². The van der Waals surface area contributed by atoms with Crippen molar-refractivity contribution in [1.29, 1.82) is 0 Å². The minimum absolute atomic E-state index is 0.629. The van der Waals surface area contributed by atoms with Gasteiger partial charge in [0, 0.05) is 36.2 Å². The molecule has 0 N–H and O–H groups in total. The van der Waals surface area contributed by atoms with Crippen molar-refractivity contribution in [2.45, 2.75) is 26.9 Å². The molecule has 0 saturated heterocycles. The summed E-state index contributed by atoms with van der Waals surface area (Å²) in [5.74, 6) is 1.77. The van der Waals surface area contributed by atoms with Crippen molar-refractivity contribution in [2.24, 2.45) is 0 Å². The number of nitrogens with zero attached hydrogens (tertiary/aromatic N) is 6. The molecule has 0 aliphatic carbocycles. The molecule has 4 heterocycles. The molecule has 0 saturated carbocycles. The van der Waals surface area contributed by atoms with Gasteiger partial charge in [0.2, 0.25) is 0 Å². The molecule has 2 aromatic carbocycles. The lowest BCUT2D eigenvalue weighted by Gasteiger charge is -2.24. The molecule has 0 radical (unpaired) electrons. The SMILES string of the molecule is Cc1ccc(CN(c2ccc(-c3ccc(N(Cc4ccc(C)cn4)c4ccccn4)cc3)cc2)c2ccccn2)nc1.